The summed E-state index contributed by atoms with van der Waals surface area (Å²) in [5, 5.41) is 4.99. The van der Waals surface area contributed by atoms with Crippen molar-refractivity contribution < 1.29 is 4.79 Å². The van der Waals surface area contributed by atoms with Gasteiger partial charge in [0.15, 0.2) is 10.6 Å². The molecule has 0 bridgehead atoms. The Bertz CT molecular complexity index is 999. The van der Waals surface area contributed by atoms with Gasteiger partial charge in [0.05, 0.1) is 0 Å². The summed E-state index contributed by atoms with van der Waals surface area (Å²) in [7, 11) is -0.163. The Morgan fingerprint density at radius 1 is 0.760 bits per heavy atom. The Kier molecular flexibility index (Phi) is 4.29. The van der Waals surface area contributed by atoms with E-state index in [-0.39, 0.29) is 16.7 Å². The minimum absolute atomic E-state index is 0.163. The zero-order chi connectivity index (χ0) is 17.2. The topological polar surface area (TPSA) is 17.1 Å². The predicted octanol–water partition coefficient (Wildman–Crippen LogP) is 5.48. The first-order valence-corrected chi connectivity index (χ1v) is 10.2. The van der Waals surface area contributed by atoms with Gasteiger partial charge in [0.2, 0.25) is 5.78 Å². The van der Waals surface area contributed by atoms with Crippen molar-refractivity contribution in [2.75, 3.05) is 12.0 Å². The van der Waals surface area contributed by atoms with Crippen molar-refractivity contribution in [3.8, 4) is 0 Å². The van der Waals surface area contributed by atoms with E-state index in [1.807, 2.05) is 30.3 Å². The standard InChI is InChI=1S/C23H19OS/c1-25(16-22(24)17-9-3-2-4-10-17)23-20-13-7-5-11-18(20)15-19-12-6-8-14-21(19)23/h2-15H,16H2,1H3/q+1. The lowest BCUT2D eigenvalue weighted by molar-refractivity contribution is 0.102. The molecule has 0 spiro atoms. The second-order valence-corrected chi connectivity index (χ2v) is 8.19. The maximum absolute atomic E-state index is 12.7. The summed E-state index contributed by atoms with van der Waals surface area (Å²) in [5.41, 5.74) is 0.798. The zero-order valence-electron chi connectivity index (χ0n) is 14.1. The molecular formula is C23H19OS+. The highest BCUT2D eigenvalue weighted by molar-refractivity contribution is 7.97. The first-order valence-electron chi connectivity index (χ1n) is 8.35. The van der Waals surface area contributed by atoms with Gasteiger partial charge in [-0.2, -0.15) is 0 Å². The van der Waals surface area contributed by atoms with Gasteiger partial charge in [0.25, 0.3) is 0 Å². The number of carbonyl (C=O) groups excluding carboxylic acids is 1. The number of fused-ring (bicyclic) bond motifs is 2. The predicted molar refractivity (Wildman–Crippen MR) is 109 cm³/mol. The van der Waals surface area contributed by atoms with Crippen LogP contribution in [-0.2, 0) is 10.9 Å². The van der Waals surface area contributed by atoms with Gasteiger partial charge < -0.3 is 0 Å². The largest absolute Gasteiger partial charge is 0.289 e. The van der Waals surface area contributed by atoms with Crippen LogP contribution in [0.15, 0.2) is 89.8 Å². The number of rotatable bonds is 4. The van der Waals surface area contributed by atoms with Gasteiger partial charge in [-0.3, -0.25) is 4.79 Å². The molecule has 4 rings (SSSR count). The molecule has 0 aromatic heterocycles. The number of carbonyl (C=O) groups is 1. The molecule has 0 N–H and O–H groups in total. The second-order valence-electron chi connectivity index (χ2n) is 6.22. The van der Waals surface area contributed by atoms with Crippen LogP contribution in [0, 0.1) is 0 Å². The summed E-state index contributed by atoms with van der Waals surface area (Å²) >= 11 is 0. The minimum atomic E-state index is -0.163. The highest BCUT2D eigenvalue weighted by Crippen LogP contribution is 2.33. The van der Waals surface area contributed by atoms with E-state index in [0.717, 1.165) is 5.56 Å². The second kappa shape index (κ2) is 6.73. The molecular weight excluding hydrogens is 324 g/mol. The van der Waals surface area contributed by atoms with Crippen molar-refractivity contribution in [3.05, 3.63) is 90.5 Å². The van der Waals surface area contributed by atoms with Crippen LogP contribution in [0.1, 0.15) is 10.4 Å². The molecule has 4 aromatic carbocycles. The molecule has 0 amide bonds. The van der Waals surface area contributed by atoms with Crippen LogP contribution in [-0.4, -0.2) is 17.8 Å². The van der Waals surface area contributed by atoms with Crippen molar-refractivity contribution in [3.63, 3.8) is 0 Å². The van der Waals surface area contributed by atoms with Crippen LogP contribution in [0.3, 0.4) is 0 Å². The maximum Gasteiger partial charge on any atom is 0.212 e. The van der Waals surface area contributed by atoms with Gasteiger partial charge in [-0.05, 0) is 29.0 Å². The van der Waals surface area contributed by atoms with Crippen LogP contribution in [0.25, 0.3) is 21.5 Å². The summed E-state index contributed by atoms with van der Waals surface area (Å²) in [6.45, 7) is 0. The summed E-state index contributed by atoms with van der Waals surface area (Å²) in [5.74, 6) is 0.755. The Hall–Kier alpha value is -2.58. The van der Waals surface area contributed by atoms with E-state index in [9.17, 15) is 4.79 Å². The quantitative estimate of drug-likeness (QED) is 0.272. The molecule has 1 nitrogen and oxygen atoms in total. The van der Waals surface area contributed by atoms with Crippen LogP contribution in [0.4, 0.5) is 0 Å². The van der Waals surface area contributed by atoms with Crippen LogP contribution in [0.5, 0.6) is 0 Å². The first kappa shape index (κ1) is 15.9. The Balaban J connectivity index is 1.82. The van der Waals surface area contributed by atoms with E-state index in [1.165, 1.54) is 26.4 Å². The molecule has 0 radical (unpaired) electrons. The van der Waals surface area contributed by atoms with Crippen LogP contribution >= 0.6 is 0 Å². The molecule has 0 saturated heterocycles. The molecule has 2 heteroatoms. The fourth-order valence-electron chi connectivity index (χ4n) is 3.32. The molecule has 0 aliphatic rings. The average molecular weight is 343 g/mol. The lowest BCUT2D eigenvalue weighted by atomic mass is 10.0. The van der Waals surface area contributed by atoms with Crippen molar-refractivity contribution >= 4 is 38.2 Å². The number of hydrogen-bond donors (Lipinski definition) is 0. The molecule has 1 unspecified atom stereocenters. The summed E-state index contributed by atoms with van der Waals surface area (Å²) < 4.78 is 0. The van der Waals surface area contributed by atoms with Gasteiger partial charge in [-0.1, -0.05) is 66.7 Å². The minimum Gasteiger partial charge on any atom is -0.289 e. The van der Waals surface area contributed by atoms with Crippen molar-refractivity contribution in [2.45, 2.75) is 4.90 Å². The molecule has 4 aromatic rings. The molecule has 0 aliphatic heterocycles. The number of hydrogen-bond acceptors (Lipinski definition) is 1. The SMILES string of the molecule is C[S+](CC(=O)c1ccccc1)c1c2ccccc2cc2ccccc12. The lowest BCUT2D eigenvalue weighted by Gasteiger charge is -2.10. The molecule has 1 atom stereocenters. The van der Waals surface area contributed by atoms with Crippen molar-refractivity contribution in [1.82, 2.24) is 0 Å². The van der Waals surface area contributed by atoms with E-state index >= 15 is 0 Å². The fourth-order valence-corrected chi connectivity index (χ4v) is 5.15. The number of ketones is 1. The van der Waals surface area contributed by atoms with Gasteiger partial charge in [0.1, 0.15) is 6.26 Å². The average Bonchev–Trinajstić information content (AvgIpc) is 2.66. The van der Waals surface area contributed by atoms with E-state index in [0.29, 0.717) is 5.75 Å². The van der Waals surface area contributed by atoms with Crippen LogP contribution < -0.4 is 0 Å². The summed E-state index contributed by atoms with van der Waals surface area (Å²) in [6.07, 6.45) is 2.19. The monoisotopic (exact) mass is 343 g/mol. The molecule has 122 valence electrons. The normalized spacial score (nSPS) is 12.4. The van der Waals surface area contributed by atoms with E-state index in [4.69, 9.17) is 0 Å². The molecule has 0 fully saturated rings. The molecule has 0 saturated carbocycles. The third-order valence-corrected chi connectivity index (χ3v) is 6.35. The number of Topliss-reactive ketones (excluding diaryl/α,β-unsaturated/α-hetero) is 1. The molecule has 25 heavy (non-hydrogen) atoms. The Labute approximate surface area is 150 Å². The van der Waals surface area contributed by atoms with Gasteiger partial charge >= 0.3 is 0 Å². The van der Waals surface area contributed by atoms with E-state index < -0.39 is 0 Å². The lowest BCUT2D eigenvalue weighted by Crippen LogP contribution is -2.16. The highest BCUT2D eigenvalue weighted by atomic mass is 32.2. The number of benzene rings is 4. The smallest absolute Gasteiger partial charge is 0.212 e. The van der Waals surface area contributed by atoms with Crippen LogP contribution in [0.2, 0.25) is 0 Å². The van der Waals surface area contributed by atoms with Gasteiger partial charge in [-0.15, -0.1) is 0 Å². The van der Waals surface area contributed by atoms with E-state index in [1.54, 1.807) is 0 Å². The molecule has 0 aliphatic carbocycles. The summed E-state index contributed by atoms with van der Waals surface area (Å²) in [4.78, 5) is 14.0. The fraction of sp³-hybridized carbons (Fsp3) is 0.0870. The van der Waals surface area contributed by atoms with E-state index in [2.05, 4.69) is 60.9 Å². The van der Waals surface area contributed by atoms with Gasteiger partial charge in [0, 0.05) is 27.2 Å². The highest BCUT2D eigenvalue weighted by Gasteiger charge is 2.26. The third-order valence-electron chi connectivity index (χ3n) is 4.51. The third kappa shape index (κ3) is 3.06. The first-order chi connectivity index (χ1) is 12.2. The Morgan fingerprint density at radius 2 is 1.28 bits per heavy atom. The van der Waals surface area contributed by atoms with Crippen molar-refractivity contribution in [1.29, 1.82) is 0 Å². The zero-order valence-corrected chi connectivity index (χ0v) is 14.9. The summed E-state index contributed by atoms with van der Waals surface area (Å²) in [6, 6.07) is 28.8. The molecule has 0 heterocycles. The Morgan fingerprint density at radius 3 is 1.88 bits per heavy atom. The van der Waals surface area contributed by atoms with Crippen molar-refractivity contribution in [2.24, 2.45) is 0 Å². The maximum atomic E-state index is 12.7. The van der Waals surface area contributed by atoms with Gasteiger partial charge in [-0.25, -0.2) is 0 Å².